The lowest BCUT2D eigenvalue weighted by atomic mass is 9.76. The van der Waals surface area contributed by atoms with Crippen molar-refractivity contribution >= 4 is 5.97 Å². The van der Waals surface area contributed by atoms with Crippen LogP contribution in [0.3, 0.4) is 0 Å². The van der Waals surface area contributed by atoms with E-state index in [-0.39, 0.29) is 17.3 Å². The van der Waals surface area contributed by atoms with Gasteiger partial charge < -0.3 is 9.47 Å². The van der Waals surface area contributed by atoms with Gasteiger partial charge in [-0.25, -0.2) is 0 Å². The third-order valence-corrected chi connectivity index (χ3v) is 4.76. The van der Waals surface area contributed by atoms with Crippen molar-refractivity contribution in [3.8, 4) is 0 Å². The fourth-order valence-electron chi connectivity index (χ4n) is 3.19. The minimum absolute atomic E-state index is 0.0543. The summed E-state index contributed by atoms with van der Waals surface area (Å²) in [5, 5.41) is 0. The molecule has 18 heavy (non-hydrogen) atoms. The van der Waals surface area contributed by atoms with Crippen LogP contribution in [0.1, 0.15) is 52.9 Å². The summed E-state index contributed by atoms with van der Waals surface area (Å²) in [6, 6.07) is 0. The number of hydrogen-bond donors (Lipinski definition) is 0. The monoisotopic (exact) mass is 254 g/mol. The van der Waals surface area contributed by atoms with E-state index < -0.39 is 0 Å². The third-order valence-electron chi connectivity index (χ3n) is 4.76. The van der Waals surface area contributed by atoms with E-state index in [1.807, 2.05) is 0 Å². The van der Waals surface area contributed by atoms with Gasteiger partial charge in [0.15, 0.2) is 0 Å². The van der Waals surface area contributed by atoms with E-state index in [1.54, 1.807) is 0 Å². The van der Waals surface area contributed by atoms with Crippen molar-refractivity contribution in [2.45, 2.75) is 59.0 Å². The van der Waals surface area contributed by atoms with Crippen LogP contribution in [-0.2, 0) is 14.3 Å². The summed E-state index contributed by atoms with van der Waals surface area (Å²) in [5.41, 5.74) is -0.388. The fourth-order valence-corrected chi connectivity index (χ4v) is 3.19. The largest absolute Gasteiger partial charge is 0.465 e. The maximum Gasteiger partial charge on any atom is 0.314 e. The van der Waals surface area contributed by atoms with Crippen LogP contribution in [0.25, 0.3) is 0 Å². The lowest BCUT2D eigenvalue weighted by molar-refractivity contribution is -0.154. The minimum Gasteiger partial charge on any atom is -0.465 e. The van der Waals surface area contributed by atoms with Gasteiger partial charge in [0.25, 0.3) is 0 Å². The molecule has 0 spiro atoms. The van der Waals surface area contributed by atoms with Crippen molar-refractivity contribution in [3.05, 3.63) is 0 Å². The first-order chi connectivity index (χ1) is 8.54. The van der Waals surface area contributed by atoms with Crippen LogP contribution >= 0.6 is 0 Å². The molecular weight excluding hydrogens is 228 g/mol. The van der Waals surface area contributed by atoms with E-state index >= 15 is 0 Å². The van der Waals surface area contributed by atoms with Crippen LogP contribution in [0.4, 0.5) is 0 Å². The van der Waals surface area contributed by atoms with E-state index in [0.717, 1.165) is 25.2 Å². The second-order valence-corrected chi connectivity index (χ2v) is 6.40. The normalized spacial score (nSPS) is 37.0. The molecule has 3 nitrogen and oxygen atoms in total. The minimum atomic E-state index is -0.388. The highest BCUT2D eigenvalue weighted by Crippen LogP contribution is 2.39. The first kappa shape index (κ1) is 13.9. The van der Waals surface area contributed by atoms with Gasteiger partial charge in [-0.3, -0.25) is 4.79 Å². The summed E-state index contributed by atoms with van der Waals surface area (Å²) >= 11 is 0. The number of rotatable bonds is 4. The van der Waals surface area contributed by atoms with Crippen LogP contribution in [0.15, 0.2) is 0 Å². The maximum absolute atomic E-state index is 12.0. The van der Waals surface area contributed by atoms with E-state index in [9.17, 15) is 4.79 Å². The Morgan fingerprint density at radius 1 is 1.44 bits per heavy atom. The molecule has 3 heteroatoms. The Bertz CT molecular complexity index is 300. The molecule has 0 bridgehead atoms. The van der Waals surface area contributed by atoms with Gasteiger partial charge in [-0.15, -0.1) is 0 Å². The third kappa shape index (κ3) is 2.71. The van der Waals surface area contributed by atoms with Crippen molar-refractivity contribution < 1.29 is 14.3 Å². The highest BCUT2D eigenvalue weighted by atomic mass is 16.5. The molecule has 3 atom stereocenters. The molecule has 0 unspecified atom stereocenters. The summed E-state index contributed by atoms with van der Waals surface area (Å²) in [7, 11) is 0. The topological polar surface area (TPSA) is 35.5 Å². The van der Waals surface area contributed by atoms with E-state index in [4.69, 9.17) is 9.47 Å². The standard InChI is InChI=1S/C15H26O3/c1-11(2)15(7-8-17-14(15)16)10-18-13-6-4-5-12(3)9-13/h11-13H,4-10H2,1-3H3/t12-,13-,15-/m1/s1. The Kier molecular flexibility index (Phi) is 4.31. The Balaban J connectivity index is 1.92. The summed E-state index contributed by atoms with van der Waals surface area (Å²) in [4.78, 5) is 12.0. The quantitative estimate of drug-likeness (QED) is 0.723. The van der Waals surface area contributed by atoms with Crippen molar-refractivity contribution in [3.63, 3.8) is 0 Å². The van der Waals surface area contributed by atoms with Crippen LogP contribution < -0.4 is 0 Å². The molecule has 2 aliphatic rings. The molecule has 0 aromatic rings. The first-order valence-corrected chi connectivity index (χ1v) is 7.33. The number of carbonyl (C=O) groups excluding carboxylic acids is 1. The molecule has 2 fully saturated rings. The van der Waals surface area contributed by atoms with Crippen molar-refractivity contribution in [2.24, 2.45) is 17.3 Å². The van der Waals surface area contributed by atoms with Gasteiger partial charge in [-0.05, 0) is 24.7 Å². The molecule has 0 N–H and O–H groups in total. The Hall–Kier alpha value is -0.570. The molecule has 0 radical (unpaired) electrons. The van der Waals surface area contributed by atoms with Crippen molar-refractivity contribution in [2.75, 3.05) is 13.2 Å². The second-order valence-electron chi connectivity index (χ2n) is 6.40. The molecule has 1 saturated carbocycles. The molecule has 1 aliphatic carbocycles. The molecule has 0 amide bonds. The van der Waals surface area contributed by atoms with Gasteiger partial charge in [0.2, 0.25) is 0 Å². The van der Waals surface area contributed by atoms with Gasteiger partial charge in [0.05, 0.1) is 24.7 Å². The summed E-state index contributed by atoms with van der Waals surface area (Å²) in [6.45, 7) is 7.58. The van der Waals surface area contributed by atoms with Gasteiger partial charge in [0.1, 0.15) is 0 Å². The molecule has 0 aromatic heterocycles. The van der Waals surface area contributed by atoms with Gasteiger partial charge >= 0.3 is 5.97 Å². The number of carbonyl (C=O) groups is 1. The van der Waals surface area contributed by atoms with Crippen molar-refractivity contribution in [1.29, 1.82) is 0 Å². The number of ether oxygens (including phenoxy) is 2. The lowest BCUT2D eigenvalue weighted by Gasteiger charge is -2.33. The predicted molar refractivity (Wildman–Crippen MR) is 70.2 cm³/mol. The second kappa shape index (κ2) is 5.60. The Morgan fingerprint density at radius 2 is 2.22 bits per heavy atom. The SMILES string of the molecule is CC(C)[C@]1(CO[C@@H]2CCC[C@@H](C)C2)CCOC1=O. The molecule has 0 aromatic carbocycles. The van der Waals surface area contributed by atoms with E-state index in [2.05, 4.69) is 20.8 Å². The summed E-state index contributed by atoms with van der Waals surface area (Å²) in [6.07, 6.45) is 6.02. The van der Waals surface area contributed by atoms with E-state index in [1.165, 1.54) is 12.8 Å². The first-order valence-electron chi connectivity index (χ1n) is 7.33. The number of hydrogen-bond acceptors (Lipinski definition) is 3. The number of cyclic esters (lactones) is 1. The molecule has 1 saturated heterocycles. The van der Waals surface area contributed by atoms with Crippen LogP contribution in [0, 0.1) is 17.3 Å². The fraction of sp³-hybridized carbons (Fsp3) is 0.933. The Morgan fingerprint density at radius 3 is 2.78 bits per heavy atom. The van der Waals surface area contributed by atoms with Gasteiger partial charge in [0, 0.05) is 6.42 Å². The summed E-state index contributed by atoms with van der Waals surface area (Å²) in [5.74, 6) is 0.990. The predicted octanol–water partition coefficient (Wildman–Crippen LogP) is 3.17. The highest BCUT2D eigenvalue weighted by Gasteiger charge is 2.47. The number of esters is 1. The smallest absolute Gasteiger partial charge is 0.314 e. The van der Waals surface area contributed by atoms with Crippen LogP contribution in [-0.4, -0.2) is 25.3 Å². The van der Waals surface area contributed by atoms with Gasteiger partial charge in [-0.1, -0.05) is 33.6 Å². The zero-order valence-electron chi connectivity index (χ0n) is 11.9. The molecule has 1 heterocycles. The van der Waals surface area contributed by atoms with E-state index in [0.29, 0.717) is 19.3 Å². The highest BCUT2D eigenvalue weighted by molar-refractivity contribution is 5.79. The average Bonchev–Trinajstić information content (AvgIpc) is 2.69. The van der Waals surface area contributed by atoms with Crippen LogP contribution in [0.2, 0.25) is 0 Å². The zero-order chi connectivity index (χ0) is 13.2. The molecule has 1 aliphatic heterocycles. The maximum atomic E-state index is 12.0. The molecule has 2 rings (SSSR count). The summed E-state index contributed by atoms with van der Waals surface area (Å²) < 4.78 is 11.2. The van der Waals surface area contributed by atoms with Crippen LogP contribution in [0.5, 0.6) is 0 Å². The Labute approximate surface area is 110 Å². The zero-order valence-corrected chi connectivity index (χ0v) is 11.9. The van der Waals surface area contributed by atoms with Crippen molar-refractivity contribution in [1.82, 2.24) is 0 Å². The van der Waals surface area contributed by atoms with Gasteiger partial charge in [-0.2, -0.15) is 0 Å². The molecule has 104 valence electrons. The average molecular weight is 254 g/mol. The lowest BCUT2D eigenvalue weighted by Crippen LogP contribution is -2.39. The molecular formula is C15H26O3.